The molecular weight excluding hydrogens is 986 g/mol. The van der Waals surface area contributed by atoms with Crippen LogP contribution in [0.25, 0.3) is 27.2 Å². The highest BCUT2D eigenvalue weighted by atomic mass is 32.2. The van der Waals surface area contributed by atoms with Crippen molar-refractivity contribution in [2.75, 3.05) is 42.8 Å². The lowest BCUT2D eigenvalue weighted by atomic mass is 10.2. The molecule has 72 heavy (non-hydrogen) atoms. The fraction of sp³-hybridized carbons (Fsp3) is 0.444. The zero-order valence-corrected chi connectivity index (χ0v) is 41.0. The van der Waals surface area contributed by atoms with Crippen LogP contribution in [0, 0.1) is 6.57 Å². The monoisotopic (exact) mass is 1040 g/mol. The van der Waals surface area contributed by atoms with E-state index in [-0.39, 0.29) is 66.5 Å². The standard InChI is InChI=1S/C45H51F2N12O11PS/c1-27(2)64-20-33-32(19-37(68-33)59-26-54-39-41(50-24-52-43(39)59)56-45(61)30-14-10-7-11-15-30)70-71(65-17-16-48-5,57-72(62,63)22-35(46)47)66-21-34-31(67-28(3)4)18-36(69-34)58-25-53-38-40(49-23-51-42(38)58)55-44(60)29-12-8-6-9-13-29/h6-15,23-28,31-37H,16-22H2,1-4H3,(H,49,51,55,60)(H,50,52,56,61)/t31-,32-,33-,34-,36-,37-,71?/m1/s1. The average molecular weight is 1040 g/mol. The van der Waals surface area contributed by atoms with Crippen molar-refractivity contribution in [1.29, 1.82) is 0 Å². The maximum absolute atomic E-state index is 13.9. The van der Waals surface area contributed by atoms with Crippen LogP contribution in [-0.4, -0.2) is 134 Å². The molecule has 7 atom stereocenters. The summed E-state index contributed by atoms with van der Waals surface area (Å²) in [4.78, 5) is 55.8. The van der Waals surface area contributed by atoms with Crippen molar-refractivity contribution < 1.29 is 59.3 Å². The Morgan fingerprint density at radius 3 is 1.81 bits per heavy atom. The van der Waals surface area contributed by atoms with E-state index in [1.54, 1.807) is 97.5 Å². The summed E-state index contributed by atoms with van der Waals surface area (Å²) < 4.78 is 106. The number of fused-ring (bicyclic) bond motifs is 2. The number of alkyl halides is 2. The first-order chi connectivity index (χ1) is 34.6. The van der Waals surface area contributed by atoms with Gasteiger partial charge in [-0.2, -0.15) is 0 Å². The minimum atomic E-state index is -5.06. The molecule has 6 aromatic rings. The van der Waals surface area contributed by atoms with Crippen LogP contribution >= 0.6 is 7.74 Å². The number of hydrogen-bond donors (Lipinski definition) is 2. The zero-order valence-electron chi connectivity index (χ0n) is 39.3. The molecule has 27 heteroatoms. The van der Waals surface area contributed by atoms with E-state index in [0.717, 1.165) is 0 Å². The molecule has 2 aromatic carbocycles. The summed E-state index contributed by atoms with van der Waals surface area (Å²) in [6, 6.07) is 17.0. The molecule has 0 aliphatic carbocycles. The summed E-state index contributed by atoms with van der Waals surface area (Å²) >= 11 is 0. The van der Waals surface area contributed by atoms with Crippen LogP contribution in [0.1, 0.15) is 73.7 Å². The molecule has 2 N–H and O–H groups in total. The molecular formula is C45H51F2N12O11PS. The topological polar surface area (TPSA) is 261 Å². The Kier molecular flexibility index (Phi) is 16.7. The first kappa shape index (κ1) is 52.1. The van der Waals surface area contributed by atoms with Gasteiger partial charge in [0.1, 0.15) is 55.8 Å². The van der Waals surface area contributed by atoms with Crippen molar-refractivity contribution in [3.8, 4) is 0 Å². The molecule has 0 radical (unpaired) electrons. The molecule has 2 aliphatic rings. The minimum absolute atomic E-state index is 0.0700. The van der Waals surface area contributed by atoms with E-state index >= 15 is 0 Å². The van der Waals surface area contributed by atoms with Crippen LogP contribution < -0.4 is 10.6 Å². The van der Waals surface area contributed by atoms with E-state index in [9.17, 15) is 26.8 Å². The number of anilines is 2. The molecule has 0 bridgehead atoms. The second kappa shape index (κ2) is 23.1. The molecule has 2 aliphatic heterocycles. The number of hydrogen-bond acceptors (Lipinski definition) is 17. The molecule has 2 fully saturated rings. The normalized spacial score (nSPS) is 21.1. The molecule has 4 aromatic heterocycles. The Hall–Kier alpha value is -6.27. The van der Waals surface area contributed by atoms with Gasteiger partial charge in [0.2, 0.25) is 6.54 Å². The van der Waals surface area contributed by atoms with Crippen molar-refractivity contribution >= 4 is 63.5 Å². The number of nitrogens with one attached hydrogen (secondary N) is 2. The number of aromatic nitrogens is 8. The number of carbonyl (C=O) groups excluding carboxylic acids is 2. The van der Waals surface area contributed by atoms with Gasteiger partial charge in [0.25, 0.3) is 28.3 Å². The van der Waals surface area contributed by atoms with Crippen LogP contribution in [-0.2, 0) is 42.5 Å². The number of nitrogens with zero attached hydrogens (tertiary/aromatic N) is 10. The molecule has 382 valence electrons. The average Bonchev–Trinajstić information content (AvgIpc) is 4.16. The highest BCUT2D eigenvalue weighted by Crippen LogP contribution is 2.58. The van der Waals surface area contributed by atoms with Crippen LogP contribution in [0.4, 0.5) is 20.4 Å². The van der Waals surface area contributed by atoms with E-state index in [1.165, 1.54) is 25.3 Å². The van der Waals surface area contributed by atoms with Crippen molar-refractivity contribution in [2.45, 2.75) is 96.0 Å². The Bertz CT molecular complexity index is 3060. The Balaban J connectivity index is 1.09. The fourth-order valence-corrected chi connectivity index (χ4v) is 11.6. The number of imidazole rings is 2. The number of rotatable bonds is 22. The molecule has 1 unspecified atom stereocenters. The maximum Gasteiger partial charge on any atom is 0.371 e. The third-order valence-electron chi connectivity index (χ3n) is 11.0. The van der Waals surface area contributed by atoms with Gasteiger partial charge in [0.15, 0.2) is 34.0 Å². The van der Waals surface area contributed by atoms with Gasteiger partial charge in [-0.3, -0.25) is 32.3 Å². The number of halogens is 2. The molecule has 2 saturated heterocycles. The number of sulfonamides is 1. The van der Waals surface area contributed by atoms with Gasteiger partial charge in [0, 0.05) is 24.0 Å². The molecule has 0 spiro atoms. The quantitative estimate of drug-likeness (QED) is 0.0400. The predicted molar refractivity (Wildman–Crippen MR) is 255 cm³/mol. The SMILES string of the molecule is [C-]#[N+]CCOP(=NS(=O)(=O)CC(F)F)(OC[C@H]1O[C@@H](n2cnc3c(NC(=O)c4ccccc4)ncnc32)C[C@H]1OC(C)C)O[C@@H]1C[C@H](n2cnc3c(NC(=O)c4ccccc4)ncnc32)O[C@@H]1COC(C)C. The number of carbonyl (C=O) groups is 2. The predicted octanol–water partition coefficient (Wildman–Crippen LogP) is 6.84. The van der Waals surface area contributed by atoms with Crippen molar-refractivity contribution in [2.24, 2.45) is 4.15 Å². The largest absolute Gasteiger partial charge is 0.376 e. The van der Waals surface area contributed by atoms with Gasteiger partial charge < -0.3 is 34.4 Å². The summed E-state index contributed by atoms with van der Waals surface area (Å²) in [6.45, 7) is 13.2. The minimum Gasteiger partial charge on any atom is -0.376 e. The number of amides is 2. The first-order valence-electron chi connectivity index (χ1n) is 22.7. The van der Waals surface area contributed by atoms with Crippen LogP contribution in [0.2, 0.25) is 0 Å². The van der Waals surface area contributed by atoms with Gasteiger partial charge in [-0.05, 0) is 52.0 Å². The second-order valence-corrected chi connectivity index (χ2v) is 20.7. The fourth-order valence-electron chi connectivity index (χ4n) is 7.83. The molecule has 2 amide bonds. The lowest BCUT2D eigenvalue weighted by Crippen LogP contribution is -2.33. The molecule has 6 heterocycles. The third kappa shape index (κ3) is 12.7. The number of ether oxygens (including phenoxy) is 4. The van der Waals surface area contributed by atoms with Crippen molar-refractivity contribution in [1.82, 2.24) is 39.0 Å². The van der Waals surface area contributed by atoms with E-state index in [0.29, 0.717) is 16.8 Å². The van der Waals surface area contributed by atoms with E-state index < -0.39 is 91.8 Å². The van der Waals surface area contributed by atoms with Gasteiger partial charge in [-0.1, -0.05) is 36.4 Å². The summed E-state index contributed by atoms with van der Waals surface area (Å²) in [5, 5.41) is 5.54. The lowest BCUT2D eigenvalue weighted by molar-refractivity contribution is -0.0807. The van der Waals surface area contributed by atoms with Gasteiger partial charge in [-0.25, -0.2) is 53.7 Å². The van der Waals surface area contributed by atoms with E-state index in [1.807, 2.05) is 0 Å². The highest BCUT2D eigenvalue weighted by molar-refractivity contribution is 7.93. The first-order valence-corrected chi connectivity index (χ1v) is 25.8. The van der Waals surface area contributed by atoms with Crippen LogP contribution in [0.3, 0.4) is 0 Å². The highest BCUT2D eigenvalue weighted by Gasteiger charge is 2.46. The zero-order chi connectivity index (χ0) is 51.0. The van der Waals surface area contributed by atoms with Crippen molar-refractivity contribution in [3.63, 3.8) is 0 Å². The summed E-state index contributed by atoms with van der Waals surface area (Å²) in [7, 11) is -9.76. The van der Waals surface area contributed by atoms with E-state index in [2.05, 4.69) is 49.5 Å². The van der Waals surface area contributed by atoms with Crippen molar-refractivity contribution in [3.05, 3.63) is 109 Å². The van der Waals surface area contributed by atoms with Crippen LogP contribution in [0.5, 0.6) is 0 Å². The van der Waals surface area contributed by atoms with Gasteiger partial charge in [-0.15, -0.1) is 4.15 Å². The maximum atomic E-state index is 13.9. The smallest absolute Gasteiger partial charge is 0.371 e. The van der Waals surface area contributed by atoms with Gasteiger partial charge >= 0.3 is 7.74 Å². The summed E-state index contributed by atoms with van der Waals surface area (Å²) in [5.41, 5.74) is 1.84. The Morgan fingerprint density at radius 1 is 0.778 bits per heavy atom. The van der Waals surface area contributed by atoms with Gasteiger partial charge in [0.05, 0.1) is 44.2 Å². The number of benzene rings is 2. The molecule has 0 saturated carbocycles. The third-order valence-corrected chi connectivity index (χ3v) is 15.0. The molecule has 23 nitrogen and oxygen atoms in total. The second-order valence-electron chi connectivity index (χ2n) is 16.9. The summed E-state index contributed by atoms with van der Waals surface area (Å²) in [5.74, 6) is -2.27. The molecule has 8 rings (SSSR count). The lowest BCUT2D eigenvalue weighted by Gasteiger charge is -2.29. The Labute approximate surface area is 412 Å². The summed E-state index contributed by atoms with van der Waals surface area (Å²) in [6.07, 6.45) is -4.13. The van der Waals surface area contributed by atoms with Crippen LogP contribution in [0.15, 0.2) is 90.1 Å². The van der Waals surface area contributed by atoms with E-state index in [4.69, 9.17) is 39.1 Å². The Morgan fingerprint density at radius 2 is 1.31 bits per heavy atom.